The van der Waals surface area contributed by atoms with Crippen LogP contribution in [0.1, 0.15) is 38.5 Å². The van der Waals surface area contributed by atoms with E-state index in [1.54, 1.807) is 0 Å². The second-order valence-corrected chi connectivity index (χ2v) is 7.42. The van der Waals surface area contributed by atoms with E-state index in [-0.39, 0.29) is 22.4 Å². The third-order valence-corrected chi connectivity index (χ3v) is 5.52. The van der Waals surface area contributed by atoms with Crippen molar-refractivity contribution in [3.63, 3.8) is 0 Å². The van der Waals surface area contributed by atoms with Gasteiger partial charge in [0, 0.05) is 5.54 Å². The summed E-state index contributed by atoms with van der Waals surface area (Å²) < 4.78 is 0. The van der Waals surface area contributed by atoms with Crippen LogP contribution in [0.4, 0.5) is 0 Å². The topological polar surface area (TPSA) is 79.0 Å². The highest BCUT2D eigenvalue weighted by Gasteiger charge is 2.51. The lowest BCUT2D eigenvalue weighted by Crippen LogP contribution is -2.60. The van der Waals surface area contributed by atoms with Crippen molar-refractivity contribution in [3.05, 3.63) is 0 Å². The second-order valence-electron chi connectivity index (χ2n) is 6.40. The number of amidine groups is 1. The highest BCUT2D eigenvalue weighted by Crippen LogP contribution is 2.55. The monoisotopic (exact) mass is 267 g/mol. The summed E-state index contributed by atoms with van der Waals surface area (Å²) in [5, 5.41) is 10.4. The van der Waals surface area contributed by atoms with E-state index in [1.807, 2.05) is 0 Å². The van der Waals surface area contributed by atoms with Crippen molar-refractivity contribution in [2.75, 3.05) is 5.75 Å². The zero-order valence-corrected chi connectivity index (χ0v) is 11.4. The Morgan fingerprint density at radius 1 is 1.22 bits per heavy atom. The summed E-state index contributed by atoms with van der Waals surface area (Å²) in [5.41, 5.74) is 5.35. The van der Waals surface area contributed by atoms with Crippen LogP contribution in [-0.2, 0) is 4.79 Å². The van der Waals surface area contributed by atoms with Gasteiger partial charge in [-0.15, -0.1) is 0 Å². The van der Waals surface area contributed by atoms with Crippen molar-refractivity contribution in [1.29, 1.82) is 5.41 Å². The summed E-state index contributed by atoms with van der Waals surface area (Å²) in [5.74, 6) is 2.88. The standard InChI is InChI=1S/C13H21N3OS/c14-12(15)18-7-11(17)16-13-4-8-1-9(5-13)3-10(2-8)6-13/h8-10H,1-7H2,(H3,14,15)(H,16,17). The molecule has 4 nitrogen and oxygen atoms in total. The first-order valence-corrected chi connectivity index (χ1v) is 7.81. The first-order chi connectivity index (χ1) is 8.55. The van der Waals surface area contributed by atoms with Gasteiger partial charge < -0.3 is 11.1 Å². The minimum Gasteiger partial charge on any atom is -0.379 e. The molecular weight excluding hydrogens is 246 g/mol. The van der Waals surface area contributed by atoms with Gasteiger partial charge in [0.05, 0.1) is 5.75 Å². The number of carbonyl (C=O) groups excluding carboxylic acids is 1. The Kier molecular flexibility index (Phi) is 3.04. The summed E-state index contributed by atoms with van der Waals surface area (Å²) in [6.07, 6.45) is 7.69. The van der Waals surface area contributed by atoms with Gasteiger partial charge in [0.1, 0.15) is 0 Å². The Balaban J connectivity index is 1.61. The van der Waals surface area contributed by atoms with Gasteiger partial charge >= 0.3 is 0 Å². The van der Waals surface area contributed by atoms with Crippen molar-refractivity contribution >= 4 is 22.8 Å². The fourth-order valence-electron chi connectivity index (χ4n) is 4.74. The maximum absolute atomic E-state index is 11.9. The Morgan fingerprint density at radius 3 is 2.17 bits per heavy atom. The summed E-state index contributed by atoms with van der Waals surface area (Å²) in [7, 11) is 0. The predicted molar refractivity (Wildman–Crippen MR) is 73.4 cm³/mol. The van der Waals surface area contributed by atoms with Gasteiger partial charge in [-0.2, -0.15) is 0 Å². The van der Waals surface area contributed by atoms with Gasteiger partial charge in [0.15, 0.2) is 5.17 Å². The largest absolute Gasteiger partial charge is 0.379 e. The molecule has 4 rings (SSSR count). The predicted octanol–water partition coefficient (Wildman–Crippen LogP) is 1.70. The molecule has 0 aromatic rings. The highest BCUT2D eigenvalue weighted by atomic mass is 32.2. The van der Waals surface area contributed by atoms with Gasteiger partial charge in [-0.1, -0.05) is 11.8 Å². The number of rotatable bonds is 3. The Morgan fingerprint density at radius 2 is 1.72 bits per heavy atom. The molecule has 0 spiro atoms. The van der Waals surface area contributed by atoms with Crippen LogP contribution in [0.2, 0.25) is 0 Å². The minimum absolute atomic E-state index is 0.0238. The van der Waals surface area contributed by atoms with E-state index in [0.29, 0.717) is 0 Å². The summed E-state index contributed by atoms with van der Waals surface area (Å²) in [6.45, 7) is 0. The molecule has 0 radical (unpaired) electrons. The van der Waals surface area contributed by atoms with E-state index < -0.39 is 0 Å². The molecule has 4 aliphatic carbocycles. The van der Waals surface area contributed by atoms with Gasteiger partial charge in [-0.25, -0.2) is 0 Å². The molecule has 0 aromatic carbocycles. The van der Waals surface area contributed by atoms with Crippen LogP contribution in [0.15, 0.2) is 0 Å². The van der Waals surface area contributed by atoms with Crippen LogP contribution < -0.4 is 11.1 Å². The van der Waals surface area contributed by atoms with Crippen LogP contribution in [0.5, 0.6) is 0 Å². The molecule has 0 aromatic heterocycles. The number of hydrogen-bond donors (Lipinski definition) is 3. The summed E-state index contributed by atoms with van der Waals surface area (Å²) in [6, 6.07) is 0. The van der Waals surface area contributed by atoms with Crippen molar-refractivity contribution in [3.8, 4) is 0 Å². The fraction of sp³-hybridized carbons (Fsp3) is 0.846. The zero-order valence-electron chi connectivity index (χ0n) is 10.6. The van der Waals surface area contributed by atoms with Crippen LogP contribution in [0, 0.1) is 23.2 Å². The number of carbonyl (C=O) groups is 1. The number of nitrogens with two attached hydrogens (primary N) is 1. The van der Waals surface area contributed by atoms with E-state index in [1.165, 1.54) is 38.5 Å². The van der Waals surface area contributed by atoms with Crippen molar-refractivity contribution in [2.24, 2.45) is 23.5 Å². The molecule has 4 aliphatic rings. The SMILES string of the molecule is N=C(N)SCC(=O)NC12CC3CC(CC(C3)C1)C2. The quantitative estimate of drug-likeness (QED) is 0.538. The number of thioether (sulfide) groups is 1. The van der Waals surface area contributed by atoms with Crippen molar-refractivity contribution in [1.82, 2.24) is 5.32 Å². The summed E-state index contributed by atoms with van der Waals surface area (Å²) in [4.78, 5) is 11.9. The number of hydrogen-bond acceptors (Lipinski definition) is 3. The maximum atomic E-state index is 11.9. The van der Waals surface area contributed by atoms with Crippen LogP contribution >= 0.6 is 11.8 Å². The van der Waals surface area contributed by atoms with Gasteiger partial charge in [-0.05, 0) is 56.3 Å². The minimum atomic E-state index is 0.0238. The van der Waals surface area contributed by atoms with Gasteiger partial charge in [0.2, 0.25) is 5.91 Å². The molecule has 1 amide bonds. The molecule has 18 heavy (non-hydrogen) atoms. The average Bonchev–Trinajstić information content (AvgIpc) is 2.23. The van der Waals surface area contributed by atoms with Crippen LogP contribution in [0.25, 0.3) is 0 Å². The second kappa shape index (κ2) is 4.44. The molecule has 0 unspecified atom stereocenters. The Labute approximate surface area is 112 Å². The zero-order chi connectivity index (χ0) is 12.8. The van der Waals surface area contributed by atoms with Gasteiger partial charge in [0.25, 0.3) is 0 Å². The molecule has 5 heteroatoms. The van der Waals surface area contributed by atoms with Crippen molar-refractivity contribution < 1.29 is 4.79 Å². The van der Waals surface area contributed by atoms with E-state index >= 15 is 0 Å². The molecule has 4 N–H and O–H groups in total. The Hall–Kier alpha value is -0.710. The van der Waals surface area contributed by atoms with E-state index in [2.05, 4.69) is 5.32 Å². The van der Waals surface area contributed by atoms with E-state index in [9.17, 15) is 4.79 Å². The highest BCUT2D eigenvalue weighted by molar-refractivity contribution is 8.14. The molecule has 4 fully saturated rings. The van der Waals surface area contributed by atoms with Gasteiger partial charge in [-0.3, -0.25) is 10.2 Å². The molecule has 100 valence electrons. The van der Waals surface area contributed by atoms with E-state index in [0.717, 1.165) is 29.5 Å². The molecule has 0 heterocycles. The molecule has 4 saturated carbocycles. The fourth-order valence-corrected chi connectivity index (χ4v) is 5.10. The first kappa shape index (κ1) is 12.3. The number of nitrogens with one attached hydrogen (secondary N) is 2. The van der Waals surface area contributed by atoms with Crippen LogP contribution in [-0.4, -0.2) is 22.4 Å². The molecule has 0 aliphatic heterocycles. The molecule has 0 atom stereocenters. The first-order valence-electron chi connectivity index (χ1n) is 6.82. The molecule has 4 bridgehead atoms. The van der Waals surface area contributed by atoms with Crippen molar-refractivity contribution in [2.45, 2.75) is 44.1 Å². The third kappa shape index (κ3) is 2.37. The smallest absolute Gasteiger partial charge is 0.230 e. The lowest BCUT2D eigenvalue weighted by Gasteiger charge is -2.56. The molecule has 0 saturated heterocycles. The normalized spacial score (nSPS) is 40.8. The lowest BCUT2D eigenvalue weighted by atomic mass is 9.53. The average molecular weight is 267 g/mol. The molecular formula is C13H21N3OS. The third-order valence-electron chi connectivity index (χ3n) is 4.80. The summed E-state index contributed by atoms with van der Waals surface area (Å²) >= 11 is 1.12. The number of amides is 1. The maximum Gasteiger partial charge on any atom is 0.230 e. The van der Waals surface area contributed by atoms with Crippen LogP contribution in [0.3, 0.4) is 0 Å². The lowest BCUT2D eigenvalue weighted by molar-refractivity contribution is -0.124. The van der Waals surface area contributed by atoms with E-state index in [4.69, 9.17) is 11.1 Å². The Bertz CT molecular complexity index is 347.